The highest BCUT2D eigenvalue weighted by atomic mass is 28.3. The third kappa shape index (κ3) is 2.94. The lowest BCUT2D eigenvalue weighted by molar-refractivity contribution is 0.653. The monoisotopic (exact) mass is 395 g/mol. The van der Waals surface area contributed by atoms with Crippen LogP contribution in [-0.2, 0) is 0 Å². The fourth-order valence-electron chi connectivity index (χ4n) is 3.79. The van der Waals surface area contributed by atoms with E-state index in [1.165, 1.54) is 10.4 Å². The van der Waals surface area contributed by atoms with E-state index in [0.29, 0.717) is 5.71 Å². The Morgan fingerprint density at radius 2 is 1.62 bits per heavy atom. The highest BCUT2D eigenvalue weighted by Gasteiger charge is 2.26. The maximum absolute atomic E-state index is 6.10. The first kappa shape index (κ1) is 17.8. The maximum Gasteiger partial charge on any atom is 0.227 e. The van der Waals surface area contributed by atoms with Crippen molar-refractivity contribution in [3.8, 4) is 11.3 Å². The van der Waals surface area contributed by atoms with Crippen molar-refractivity contribution in [2.24, 2.45) is 0 Å². The summed E-state index contributed by atoms with van der Waals surface area (Å²) >= 11 is 0. The zero-order valence-electron chi connectivity index (χ0n) is 16.7. The molecule has 0 N–H and O–H groups in total. The van der Waals surface area contributed by atoms with Crippen LogP contribution in [0.1, 0.15) is 5.69 Å². The minimum atomic E-state index is -1.78. The molecule has 29 heavy (non-hydrogen) atoms. The number of furan rings is 1. The van der Waals surface area contributed by atoms with Gasteiger partial charge in [-0.3, -0.25) is 9.97 Å². The van der Waals surface area contributed by atoms with Crippen LogP contribution in [0.25, 0.3) is 33.3 Å². The molecule has 0 saturated carbocycles. The van der Waals surface area contributed by atoms with E-state index >= 15 is 0 Å². The number of pyridine rings is 3. The first-order valence-corrected chi connectivity index (χ1v) is 12.7. The van der Waals surface area contributed by atoms with Gasteiger partial charge in [0.05, 0.1) is 11.3 Å². The minimum Gasteiger partial charge on any atom is -0.437 e. The van der Waals surface area contributed by atoms with Crippen LogP contribution in [0.5, 0.6) is 0 Å². The first-order chi connectivity index (χ1) is 14.0. The zero-order valence-corrected chi connectivity index (χ0v) is 17.7. The van der Waals surface area contributed by atoms with Crippen molar-refractivity contribution in [3.63, 3.8) is 0 Å². The number of aryl methyl sites for hydroxylation is 1. The fraction of sp³-hybridized carbons (Fsp3) is 0.125. The molecule has 5 heteroatoms. The third-order valence-corrected chi connectivity index (χ3v) is 9.16. The van der Waals surface area contributed by atoms with Gasteiger partial charge in [-0.05, 0) is 30.3 Å². The second-order valence-corrected chi connectivity index (χ2v) is 12.3. The molecule has 0 unspecified atom stereocenters. The SMILES string of the molecule is Cc1ccc2c(n1)oc1c(-c3ccc([Si](C)(C)c4ccccc4)cn3)cncc12. The van der Waals surface area contributed by atoms with Gasteiger partial charge in [0.1, 0.15) is 13.7 Å². The molecule has 5 rings (SSSR count). The summed E-state index contributed by atoms with van der Waals surface area (Å²) in [6.45, 7) is 6.67. The van der Waals surface area contributed by atoms with E-state index in [2.05, 4.69) is 65.5 Å². The molecule has 1 aromatic carbocycles. The molecule has 5 aromatic rings. The maximum atomic E-state index is 6.10. The van der Waals surface area contributed by atoms with Crippen LogP contribution < -0.4 is 10.4 Å². The van der Waals surface area contributed by atoms with Crippen molar-refractivity contribution in [2.45, 2.75) is 20.0 Å². The van der Waals surface area contributed by atoms with Crippen LogP contribution in [0.2, 0.25) is 13.1 Å². The molecule has 0 atom stereocenters. The summed E-state index contributed by atoms with van der Waals surface area (Å²) in [5, 5.41) is 4.65. The predicted octanol–water partition coefficient (Wildman–Crippen LogP) is 4.57. The lowest BCUT2D eigenvalue weighted by Gasteiger charge is -2.23. The van der Waals surface area contributed by atoms with Crippen LogP contribution >= 0.6 is 0 Å². The molecule has 4 aromatic heterocycles. The second-order valence-electron chi connectivity index (χ2n) is 7.89. The highest BCUT2D eigenvalue weighted by Crippen LogP contribution is 2.33. The Bertz CT molecular complexity index is 1330. The van der Waals surface area contributed by atoms with E-state index in [1.807, 2.05) is 37.6 Å². The Hall–Kier alpha value is -3.31. The number of rotatable bonds is 3. The van der Waals surface area contributed by atoms with Crippen molar-refractivity contribution in [2.75, 3.05) is 0 Å². The van der Waals surface area contributed by atoms with E-state index in [0.717, 1.165) is 33.3 Å². The summed E-state index contributed by atoms with van der Waals surface area (Å²) in [4.78, 5) is 13.7. The van der Waals surface area contributed by atoms with Crippen LogP contribution in [0.15, 0.2) is 77.6 Å². The Kier molecular flexibility index (Phi) is 4.06. The lowest BCUT2D eigenvalue weighted by atomic mass is 10.1. The predicted molar refractivity (Wildman–Crippen MR) is 120 cm³/mol. The van der Waals surface area contributed by atoms with Gasteiger partial charge in [0.2, 0.25) is 5.71 Å². The molecule has 0 bridgehead atoms. The average molecular weight is 396 g/mol. The number of fused-ring (bicyclic) bond motifs is 3. The summed E-state index contributed by atoms with van der Waals surface area (Å²) in [7, 11) is -1.78. The summed E-state index contributed by atoms with van der Waals surface area (Å²) < 4.78 is 6.10. The van der Waals surface area contributed by atoms with Crippen molar-refractivity contribution in [3.05, 3.63) is 78.9 Å². The number of hydrogen-bond donors (Lipinski definition) is 0. The minimum absolute atomic E-state index is 0.642. The molecule has 4 heterocycles. The van der Waals surface area contributed by atoms with Gasteiger partial charge in [-0.2, -0.15) is 0 Å². The molecule has 0 spiro atoms. The van der Waals surface area contributed by atoms with E-state index < -0.39 is 8.07 Å². The summed E-state index contributed by atoms with van der Waals surface area (Å²) in [6, 6.07) is 19.0. The van der Waals surface area contributed by atoms with Crippen LogP contribution in [-0.4, -0.2) is 23.0 Å². The molecule has 4 nitrogen and oxygen atoms in total. The molecule has 0 aliphatic carbocycles. The van der Waals surface area contributed by atoms with Gasteiger partial charge in [-0.1, -0.05) is 54.7 Å². The standard InChI is InChI=1S/C24H21N3OSi/c1-16-9-11-19-20-14-25-15-21(23(20)28-24(19)27-16)22-12-10-18(13-26-22)29(2,3)17-7-5-4-6-8-17/h4-15H,1-3H3. The molecule has 0 saturated heterocycles. The van der Waals surface area contributed by atoms with Gasteiger partial charge >= 0.3 is 0 Å². The van der Waals surface area contributed by atoms with E-state index in [-0.39, 0.29) is 0 Å². The van der Waals surface area contributed by atoms with E-state index in [1.54, 1.807) is 0 Å². The number of hydrogen-bond acceptors (Lipinski definition) is 4. The van der Waals surface area contributed by atoms with Crippen molar-refractivity contribution < 1.29 is 4.42 Å². The number of benzene rings is 1. The highest BCUT2D eigenvalue weighted by molar-refractivity contribution is 7.00. The Morgan fingerprint density at radius 1 is 0.793 bits per heavy atom. The van der Waals surface area contributed by atoms with E-state index in [4.69, 9.17) is 9.40 Å². The Morgan fingerprint density at radius 3 is 2.38 bits per heavy atom. The van der Waals surface area contributed by atoms with Gasteiger partial charge in [-0.25, -0.2) is 4.98 Å². The van der Waals surface area contributed by atoms with Crippen molar-refractivity contribution >= 4 is 40.5 Å². The van der Waals surface area contributed by atoms with Gasteiger partial charge in [0.25, 0.3) is 0 Å². The molecule has 0 aliphatic rings. The topological polar surface area (TPSA) is 51.8 Å². The van der Waals surface area contributed by atoms with Gasteiger partial charge in [0, 0.05) is 35.1 Å². The number of nitrogens with zero attached hydrogens (tertiary/aromatic N) is 3. The normalized spacial score (nSPS) is 12.0. The van der Waals surface area contributed by atoms with Crippen molar-refractivity contribution in [1.29, 1.82) is 0 Å². The van der Waals surface area contributed by atoms with Crippen LogP contribution in [0, 0.1) is 6.92 Å². The first-order valence-electron chi connectivity index (χ1n) is 9.70. The van der Waals surface area contributed by atoms with Crippen LogP contribution in [0.4, 0.5) is 0 Å². The molecule has 0 fully saturated rings. The second kappa shape index (κ2) is 6.64. The van der Waals surface area contributed by atoms with Gasteiger partial charge in [0.15, 0.2) is 0 Å². The summed E-state index contributed by atoms with van der Waals surface area (Å²) in [5.41, 5.74) is 4.11. The average Bonchev–Trinajstić information content (AvgIpc) is 3.12. The van der Waals surface area contributed by atoms with E-state index in [9.17, 15) is 0 Å². The molecule has 0 aliphatic heterocycles. The Balaban J connectivity index is 1.60. The quantitative estimate of drug-likeness (QED) is 0.420. The van der Waals surface area contributed by atoms with Crippen molar-refractivity contribution in [1.82, 2.24) is 15.0 Å². The number of aromatic nitrogens is 3. The Labute approximate surface area is 170 Å². The summed E-state index contributed by atoms with van der Waals surface area (Å²) in [6.07, 6.45) is 5.67. The third-order valence-electron chi connectivity index (χ3n) is 5.64. The molecular formula is C24H21N3OSi. The molecule has 142 valence electrons. The fourth-order valence-corrected chi connectivity index (χ4v) is 6.04. The van der Waals surface area contributed by atoms with Gasteiger partial charge < -0.3 is 4.42 Å². The smallest absolute Gasteiger partial charge is 0.227 e. The van der Waals surface area contributed by atoms with Crippen LogP contribution in [0.3, 0.4) is 0 Å². The molecule has 0 radical (unpaired) electrons. The molecular weight excluding hydrogens is 374 g/mol. The summed E-state index contributed by atoms with van der Waals surface area (Å²) in [5.74, 6) is 0. The molecule has 0 amide bonds. The van der Waals surface area contributed by atoms with Gasteiger partial charge in [-0.15, -0.1) is 0 Å². The lowest BCUT2D eigenvalue weighted by Crippen LogP contribution is -2.52. The zero-order chi connectivity index (χ0) is 20.0. The largest absolute Gasteiger partial charge is 0.437 e.